The van der Waals surface area contributed by atoms with E-state index >= 15 is 0 Å². The Morgan fingerprint density at radius 1 is 0.421 bits per heavy atom. The second-order valence-corrected chi connectivity index (χ2v) is 17.9. The molecule has 0 radical (unpaired) electrons. The van der Waals surface area contributed by atoms with E-state index in [0.717, 1.165) is 38.5 Å². The highest BCUT2D eigenvalue weighted by molar-refractivity contribution is 5.80. The maximum absolute atomic E-state index is 12.5. The lowest BCUT2D eigenvalue weighted by atomic mass is 10.00. The summed E-state index contributed by atoms with van der Waals surface area (Å²) < 4.78 is 0. The van der Waals surface area contributed by atoms with Crippen molar-refractivity contribution in [3.05, 3.63) is 12.2 Å². The van der Waals surface area contributed by atoms with Crippen LogP contribution in [0.15, 0.2) is 12.2 Å². The number of aliphatic hydroxyl groups is 4. The van der Waals surface area contributed by atoms with Gasteiger partial charge in [-0.2, -0.15) is 0 Å². The van der Waals surface area contributed by atoms with E-state index in [1.54, 1.807) is 0 Å². The van der Waals surface area contributed by atoms with Crippen molar-refractivity contribution in [2.45, 2.75) is 301 Å². The first kappa shape index (κ1) is 56.0. The van der Waals surface area contributed by atoms with E-state index in [2.05, 4.69) is 31.3 Å². The Morgan fingerprint density at radius 3 is 1.05 bits per heavy atom. The molecule has 0 aromatic heterocycles. The largest absolute Gasteiger partial charge is 0.394 e. The molecule has 6 heteroatoms. The van der Waals surface area contributed by atoms with Gasteiger partial charge in [0.05, 0.1) is 18.8 Å². The quantitative estimate of drug-likeness (QED) is 0.0311. The van der Waals surface area contributed by atoms with Gasteiger partial charge in [-0.1, -0.05) is 251 Å². The van der Waals surface area contributed by atoms with Crippen molar-refractivity contribution >= 4 is 5.91 Å². The van der Waals surface area contributed by atoms with Gasteiger partial charge in [-0.3, -0.25) is 4.79 Å². The number of hydrogen-bond donors (Lipinski definition) is 5. The van der Waals surface area contributed by atoms with Gasteiger partial charge in [0.2, 0.25) is 5.91 Å². The monoisotopic (exact) mass is 808 g/mol. The van der Waals surface area contributed by atoms with Crippen molar-refractivity contribution in [1.82, 2.24) is 5.32 Å². The summed E-state index contributed by atoms with van der Waals surface area (Å²) in [6, 6.07) is -0.998. The molecule has 0 aromatic carbocycles. The van der Waals surface area contributed by atoms with Crippen LogP contribution in [0.1, 0.15) is 277 Å². The smallest absolute Gasteiger partial charge is 0.249 e. The van der Waals surface area contributed by atoms with Gasteiger partial charge < -0.3 is 25.7 Å². The number of unbranched alkanes of at least 4 members (excludes halogenated alkanes) is 36. The fourth-order valence-electron chi connectivity index (χ4n) is 8.17. The van der Waals surface area contributed by atoms with Crippen molar-refractivity contribution < 1.29 is 25.2 Å². The first-order chi connectivity index (χ1) is 28.0. The maximum atomic E-state index is 12.5. The minimum absolute atomic E-state index is 0.368. The Labute approximate surface area is 355 Å². The van der Waals surface area contributed by atoms with Gasteiger partial charge in [-0.15, -0.1) is 0 Å². The molecule has 0 aliphatic rings. The number of nitrogens with one attached hydrogen (secondary N) is 1. The number of carbonyl (C=O) groups is 1. The minimum Gasteiger partial charge on any atom is -0.394 e. The molecule has 6 nitrogen and oxygen atoms in total. The third-order valence-corrected chi connectivity index (χ3v) is 12.2. The molecule has 0 rings (SSSR count). The molecule has 57 heavy (non-hydrogen) atoms. The molecule has 4 atom stereocenters. The number of aliphatic hydroxyl groups excluding tert-OH is 4. The standard InChI is InChI=1S/C51H101NO5/c1-3-5-7-9-11-13-15-17-19-21-22-23-24-25-26-27-29-30-32-34-36-38-40-42-44-48(54)50(56)47(46-53)52-51(57)49(55)45-43-41-39-37-35-33-31-28-20-18-16-14-12-10-8-6-4-2/h36,38,47-50,53-56H,3-35,37,39-46H2,1-2H3,(H,52,57)/b38-36+. The first-order valence-corrected chi connectivity index (χ1v) is 25.6. The van der Waals surface area contributed by atoms with Gasteiger partial charge in [-0.05, 0) is 38.5 Å². The summed E-state index contributed by atoms with van der Waals surface area (Å²) in [6.07, 6.45) is 52.6. The second-order valence-electron chi connectivity index (χ2n) is 17.9. The van der Waals surface area contributed by atoms with E-state index in [4.69, 9.17) is 0 Å². The molecule has 4 unspecified atom stereocenters. The van der Waals surface area contributed by atoms with Crippen LogP contribution in [0.3, 0.4) is 0 Å². The van der Waals surface area contributed by atoms with E-state index in [1.165, 1.54) is 212 Å². The summed E-state index contributed by atoms with van der Waals surface area (Å²) in [5.74, 6) is -0.588. The second kappa shape index (κ2) is 46.1. The molecule has 0 aromatic rings. The lowest BCUT2D eigenvalue weighted by molar-refractivity contribution is -0.132. The molecule has 0 aliphatic carbocycles. The van der Waals surface area contributed by atoms with E-state index in [1.807, 2.05) is 0 Å². The average Bonchev–Trinajstić information content (AvgIpc) is 3.22. The summed E-state index contributed by atoms with van der Waals surface area (Å²) in [7, 11) is 0. The molecule has 0 bridgehead atoms. The predicted octanol–water partition coefficient (Wildman–Crippen LogP) is 14.1. The molecule has 0 saturated heterocycles. The summed E-state index contributed by atoms with van der Waals surface area (Å²) in [5.41, 5.74) is 0. The zero-order chi connectivity index (χ0) is 41.7. The van der Waals surface area contributed by atoms with E-state index in [-0.39, 0.29) is 0 Å². The Morgan fingerprint density at radius 2 is 0.719 bits per heavy atom. The number of rotatable bonds is 47. The third kappa shape index (κ3) is 40.2. The molecule has 0 saturated carbocycles. The van der Waals surface area contributed by atoms with Gasteiger partial charge in [0.15, 0.2) is 0 Å². The van der Waals surface area contributed by atoms with Crippen LogP contribution in [0.25, 0.3) is 0 Å². The van der Waals surface area contributed by atoms with Crippen molar-refractivity contribution in [3.63, 3.8) is 0 Å². The molecule has 0 fully saturated rings. The SMILES string of the molecule is CCCCCCCCCCCCCCCCCCCCC/C=C/CCCC(O)C(O)C(CO)NC(=O)C(O)CCCCCCCCCCCCCCCCCCC. The van der Waals surface area contributed by atoms with E-state index in [9.17, 15) is 25.2 Å². The van der Waals surface area contributed by atoms with Crippen molar-refractivity contribution in [3.8, 4) is 0 Å². The van der Waals surface area contributed by atoms with E-state index < -0.39 is 36.9 Å². The molecule has 0 aliphatic heterocycles. The Bertz CT molecular complexity index is 821. The molecule has 0 spiro atoms. The van der Waals surface area contributed by atoms with Crippen LogP contribution in [0, 0.1) is 0 Å². The molecule has 1 amide bonds. The van der Waals surface area contributed by atoms with Crippen LogP contribution in [0.2, 0.25) is 0 Å². The molecular weight excluding hydrogens is 707 g/mol. The zero-order valence-corrected chi connectivity index (χ0v) is 38.4. The lowest BCUT2D eigenvalue weighted by Gasteiger charge is -2.27. The van der Waals surface area contributed by atoms with Crippen LogP contribution in [-0.2, 0) is 4.79 Å². The number of amides is 1. The van der Waals surface area contributed by atoms with Crippen molar-refractivity contribution in [1.29, 1.82) is 0 Å². The highest BCUT2D eigenvalue weighted by atomic mass is 16.3. The summed E-state index contributed by atoms with van der Waals surface area (Å²) in [4.78, 5) is 12.5. The van der Waals surface area contributed by atoms with Crippen LogP contribution < -0.4 is 5.32 Å². The Hall–Kier alpha value is -0.950. The molecular formula is C51H101NO5. The van der Waals surface area contributed by atoms with Gasteiger partial charge >= 0.3 is 0 Å². The predicted molar refractivity (Wildman–Crippen MR) is 247 cm³/mol. The van der Waals surface area contributed by atoms with Gasteiger partial charge in [0.25, 0.3) is 0 Å². The highest BCUT2D eigenvalue weighted by Gasteiger charge is 2.28. The fourth-order valence-corrected chi connectivity index (χ4v) is 8.17. The van der Waals surface area contributed by atoms with Gasteiger partial charge in [0, 0.05) is 0 Å². The highest BCUT2D eigenvalue weighted by Crippen LogP contribution is 2.17. The number of carbonyl (C=O) groups excluding carboxylic acids is 1. The third-order valence-electron chi connectivity index (χ3n) is 12.2. The van der Waals surface area contributed by atoms with Crippen LogP contribution in [0.4, 0.5) is 0 Å². The van der Waals surface area contributed by atoms with E-state index in [0.29, 0.717) is 12.8 Å². The van der Waals surface area contributed by atoms with Crippen LogP contribution >= 0.6 is 0 Å². The Balaban J connectivity index is 3.67. The molecule has 340 valence electrons. The Kier molecular flexibility index (Phi) is 45.4. The molecule has 5 N–H and O–H groups in total. The van der Waals surface area contributed by atoms with Crippen LogP contribution in [-0.4, -0.2) is 57.3 Å². The van der Waals surface area contributed by atoms with Gasteiger partial charge in [0.1, 0.15) is 12.2 Å². The fraction of sp³-hybridized carbons (Fsp3) is 0.941. The normalized spacial score (nSPS) is 14.0. The number of allylic oxidation sites excluding steroid dienone is 2. The zero-order valence-electron chi connectivity index (χ0n) is 38.4. The van der Waals surface area contributed by atoms with Crippen LogP contribution in [0.5, 0.6) is 0 Å². The summed E-state index contributed by atoms with van der Waals surface area (Å²) in [5, 5.41) is 43.8. The van der Waals surface area contributed by atoms with Crippen molar-refractivity contribution in [2.75, 3.05) is 6.61 Å². The summed E-state index contributed by atoms with van der Waals surface area (Å²) >= 11 is 0. The topological polar surface area (TPSA) is 110 Å². The van der Waals surface area contributed by atoms with Gasteiger partial charge in [-0.25, -0.2) is 0 Å². The average molecular weight is 808 g/mol. The summed E-state index contributed by atoms with van der Waals surface area (Å²) in [6.45, 7) is 4.07. The maximum Gasteiger partial charge on any atom is 0.249 e. The number of hydrogen-bond acceptors (Lipinski definition) is 5. The van der Waals surface area contributed by atoms with Crippen molar-refractivity contribution in [2.24, 2.45) is 0 Å². The molecule has 0 heterocycles. The lowest BCUT2D eigenvalue weighted by Crippen LogP contribution is -2.53. The minimum atomic E-state index is -1.28. The first-order valence-electron chi connectivity index (χ1n) is 25.6.